The first kappa shape index (κ1) is 23.8. The molecule has 0 radical (unpaired) electrons. The van der Waals surface area contributed by atoms with Crippen molar-refractivity contribution in [3.8, 4) is 23.7 Å². The average molecular weight is 465 g/mol. The number of nitrogens with zero attached hydrogens (tertiary/aromatic N) is 3. The van der Waals surface area contributed by atoms with Gasteiger partial charge in [0.25, 0.3) is 5.91 Å². The number of hydrogen-bond donors (Lipinski definition) is 2. The molecular formula is C21H25FN4O5S. The molecule has 1 aromatic rings. The van der Waals surface area contributed by atoms with Gasteiger partial charge in [0, 0.05) is 36.8 Å². The van der Waals surface area contributed by atoms with Gasteiger partial charge in [0.1, 0.15) is 6.67 Å². The minimum Gasteiger partial charge on any atom is -0.318 e. The second-order valence-electron chi connectivity index (χ2n) is 8.28. The van der Waals surface area contributed by atoms with Crippen molar-refractivity contribution in [1.29, 1.82) is 0 Å². The number of hydroxylamine groups is 1. The van der Waals surface area contributed by atoms with Gasteiger partial charge in [-0.25, -0.2) is 23.1 Å². The van der Waals surface area contributed by atoms with Crippen molar-refractivity contribution in [2.24, 2.45) is 5.92 Å². The van der Waals surface area contributed by atoms with E-state index in [1.165, 1.54) is 21.9 Å². The Morgan fingerprint density at radius 2 is 2.12 bits per heavy atom. The van der Waals surface area contributed by atoms with Crippen molar-refractivity contribution >= 4 is 21.8 Å². The van der Waals surface area contributed by atoms with Crippen LogP contribution < -0.4 is 5.48 Å². The first-order valence-corrected chi connectivity index (χ1v) is 11.8. The monoisotopic (exact) mass is 464 g/mol. The summed E-state index contributed by atoms with van der Waals surface area (Å²) in [6.07, 6.45) is 2.31. The van der Waals surface area contributed by atoms with Gasteiger partial charge >= 0.3 is 6.03 Å². The van der Waals surface area contributed by atoms with Crippen LogP contribution in [-0.2, 0) is 21.2 Å². The van der Waals surface area contributed by atoms with Crippen LogP contribution in [0, 0.1) is 29.6 Å². The summed E-state index contributed by atoms with van der Waals surface area (Å²) in [4.78, 5) is 27.9. The van der Waals surface area contributed by atoms with Gasteiger partial charge in [-0.15, -0.1) is 0 Å². The predicted molar refractivity (Wildman–Crippen MR) is 114 cm³/mol. The largest absolute Gasteiger partial charge is 0.328 e. The summed E-state index contributed by atoms with van der Waals surface area (Å²) in [5.74, 6) is 10.2. The summed E-state index contributed by atoms with van der Waals surface area (Å²) >= 11 is 0. The fraction of sp³-hybridized carbons (Fsp3) is 0.524. The molecule has 2 amide bonds. The van der Waals surface area contributed by atoms with Crippen molar-refractivity contribution in [2.75, 3.05) is 33.1 Å². The minimum absolute atomic E-state index is 0.00949. The highest BCUT2D eigenvalue weighted by Crippen LogP contribution is 2.25. The Morgan fingerprint density at radius 3 is 2.69 bits per heavy atom. The number of amides is 2. The molecule has 2 aliphatic heterocycles. The summed E-state index contributed by atoms with van der Waals surface area (Å²) in [6.45, 7) is 1.73. The summed E-state index contributed by atoms with van der Waals surface area (Å²) in [7, 11) is -1.99. The Labute approximate surface area is 186 Å². The van der Waals surface area contributed by atoms with Crippen molar-refractivity contribution < 1.29 is 27.6 Å². The molecule has 2 N–H and O–H groups in total. The lowest BCUT2D eigenvalue weighted by atomic mass is 9.91. The van der Waals surface area contributed by atoms with Gasteiger partial charge in [-0.2, -0.15) is 0 Å². The Hall–Kier alpha value is -2.86. The van der Waals surface area contributed by atoms with Crippen molar-refractivity contribution in [1.82, 2.24) is 19.8 Å². The molecule has 11 heteroatoms. The van der Waals surface area contributed by atoms with Crippen molar-refractivity contribution in [3.63, 3.8) is 0 Å². The van der Waals surface area contributed by atoms with Crippen molar-refractivity contribution in [2.45, 2.75) is 30.7 Å². The van der Waals surface area contributed by atoms with E-state index < -0.39 is 27.2 Å². The van der Waals surface area contributed by atoms with Gasteiger partial charge in [-0.3, -0.25) is 19.5 Å². The van der Waals surface area contributed by atoms with Gasteiger partial charge in [0.05, 0.1) is 18.5 Å². The number of rotatable bonds is 6. The Balaban J connectivity index is 1.63. The molecule has 3 atom stereocenters. The third-order valence-corrected chi connectivity index (χ3v) is 8.21. The third-order valence-electron chi connectivity index (χ3n) is 6.19. The van der Waals surface area contributed by atoms with Gasteiger partial charge in [-0.05, 0) is 38.3 Å². The van der Waals surface area contributed by atoms with Crippen LogP contribution in [0.15, 0.2) is 12.3 Å². The van der Waals surface area contributed by atoms with E-state index in [9.17, 15) is 22.4 Å². The number of hydrogen-bond acceptors (Lipinski definition) is 6. The second kappa shape index (κ2) is 8.94. The number of nitrogens with one attached hydrogen (secondary N) is 1. The van der Waals surface area contributed by atoms with Crippen LogP contribution in [0.4, 0.5) is 9.18 Å². The van der Waals surface area contributed by atoms with Gasteiger partial charge < -0.3 is 4.90 Å². The lowest BCUT2D eigenvalue weighted by molar-refractivity contribution is -0.131. The van der Waals surface area contributed by atoms with Gasteiger partial charge in [-0.1, -0.05) is 11.8 Å². The maximum Gasteiger partial charge on any atom is 0.328 e. The molecule has 32 heavy (non-hydrogen) atoms. The third kappa shape index (κ3) is 4.37. The number of aromatic nitrogens is 1. The molecule has 3 rings (SSSR count). The molecular weight excluding hydrogens is 439 g/mol. The van der Waals surface area contributed by atoms with E-state index in [4.69, 9.17) is 5.21 Å². The van der Waals surface area contributed by atoms with E-state index in [2.05, 4.69) is 23.7 Å². The first-order valence-electron chi connectivity index (χ1n) is 9.94. The molecule has 9 nitrogen and oxygen atoms in total. The number of alkyl halides is 1. The molecule has 1 fully saturated rings. The number of halogens is 1. The first-order chi connectivity index (χ1) is 15.0. The lowest BCUT2D eigenvalue weighted by Crippen LogP contribution is -2.54. The summed E-state index contributed by atoms with van der Waals surface area (Å²) < 4.78 is 36.5. The van der Waals surface area contributed by atoms with Crippen LogP contribution in [0.5, 0.6) is 0 Å². The number of likely N-dealkylation sites (tertiary alicyclic amines) is 1. The molecule has 2 aliphatic rings. The standard InChI is InChI=1S/C21H25FN4O5S/c1-21(19(27)23-29,32(3,30)31)8-9-25-14-17-10-15(12-26(17)20(25)28)6-4-5-7-16-13-24(2)18(16)11-22/h10,12,16,18,29H,8-9,11,13-14H2,1-3H3,(H,23,27)/t16-,18+,21?/m0/s1. The van der Waals surface area contributed by atoms with E-state index in [0.717, 1.165) is 6.26 Å². The maximum absolute atomic E-state index is 12.9. The lowest BCUT2D eigenvalue weighted by Gasteiger charge is -2.41. The average Bonchev–Trinajstić information content (AvgIpc) is 3.25. The van der Waals surface area contributed by atoms with E-state index in [-0.39, 0.29) is 37.5 Å². The maximum atomic E-state index is 12.9. The molecule has 0 aliphatic carbocycles. The number of fused-ring (bicyclic) bond motifs is 1. The fourth-order valence-corrected chi connectivity index (χ4v) is 4.58. The van der Waals surface area contributed by atoms with Crippen LogP contribution in [0.25, 0.3) is 0 Å². The van der Waals surface area contributed by atoms with Gasteiger partial charge in [0.2, 0.25) is 0 Å². The molecule has 0 spiro atoms. The molecule has 1 unspecified atom stereocenters. The van der Waals surface area contributed by atoms with Crippen LogP contribution in [0.1, 0.15) is 24.6 Å². The molecule has 0 saturated carbocycles. The summed E-state index contributed by atoms with van der Waals surface area (Å²) in [6, 6.07) is 1.20. The SMILES string of the molecule is CN1C[C@H](C#CC#Cc2cc3n(c2)C(=O)N(CCC(C)(C(=O)NO)S(C)(=O)=O)C3)[C@H]1CF. The normalized spacial score (nSPS) is 22.0. The van der Waals surface area contributed by atoms with Crippen molar-refractivity contribution in [3.05, 3.63) is 23.5 Å². The number of sulfone groups is 1. The van der Waals surface area contributed by atoms with E-state index >= 15 is 0 Å². The minimum atomic E-state index is -3.84. The van der Waals surface area contributed by atoms with Crippen LogP contribution in [0.3, 0.4) is 0 Å². The highest BCUT2D eigenvalue weighted by Gasteiger charge is 2.44. The van der Waals surface area contributed by atoms with E-state index in [1.807, 2.05) is 11.9 Å². The quantitative estimate of drug-likeness (QED) is 0.354. The molecule has 3 heterocycles. The second-order valence-corrected chi connectivity index (χ2v) is 10.7. The zero-order valence-corrected chi connectivity index (χ0v) is 18.9. The van der Waals surface area contributed by atoms with E-state index in [1.54, 1.807) is 12.3 Å². The predicted octanol–water partition coefficient (Wildman–Crippen LogP) is 0.225. The zero-order valence-electron chi connectivity index (χ0n) is 18.1. The Kier molecular flexibility index (Phi) is 6.65. The van der Waals surface area contributed by atoms with Crippen LogP contribution in [-0.4, -0.2) is 83.8 Å². The van der Waals surface area contributed by atoms with Crippen LogP contribution >= 0.6 is 0 Å². The fourth-order valence-electron chi connectivity index (χ4n) is 3.74. The topological polar surface area (TPSA) is 112 Å². The summed E-state index contributed by atoms with van der Waals surface area (Å²) in [5, 5.41) is 8.90. The molecule has 1 saturated heterocycles. The Morgan fingerprint density at radius 1 is 1.41 bits per heavy atom. The molecule has 0 bridgehead atoms. The molecule has 0 aromatic carbocycles. The zero-order chi connectivity index (χ0) is 23.7. The highest BCUT2D eigenvalue weighted by atomic mass is 32.2. The smallest absolute Gasteiger partial charge is 0.318 e. The summed E-state index contributed by atoms with van der Waals surface area (Å²) in [5.41, 5.74) is 2.68. The van der Waals surface area contributed by atoms with Crippen LogP contribution in [0.2, 0.25) is 0 Å². The molecule has 172 valence electrons. The van der Waals surface area contributed by atoms with Gasteiger partial charge in [0.15, 0.2) is 14.6 Å². The van der Waals surface area contributed by atoms with E-state index in [0.29, 0.717) is 17.8 Å². The number of carbonyl (C=O) groups excluding carboxylic acids is 2. The molecule has 1 aromatic heterocycles. The highest BCUT2D eigenvalue weighted by molar-refractivity contribution is 7.92. The number of carbonyl (C=O) groups is 2. The Bertz CT molecular complexity index is 1160.